The number of carbonyl (C=O) groups excluding carboxylic acids is 1. The lowest BCUT2D eigenvalue weighted by molar-refractivity contribution is -0.116. The summed E-state index contributed by atoms with van der Waals surface area (Å²) in [5.41, 5.74) is 1.97. The van der Waals surface area contributed by atoms with Crippen molar-refractivity contribution in [3.05, 3.63) is 18.0 Å². The molecule has 1 aliphatic heterocycles. The average molecular weight is 347 g/mol. The Hall–Kier alpha value is -1.37. The molecule has 1 saturated heterocycles. The first-order chi connectivity index (χ1) is 9.72. The van der Waals surface area contributed by atoms with Crippen LogP contribution in [0.2, 0.25) is 0 Å². The Morgan fingerprint density at radius 2 is 2.32 bits per heavy atom. The minimum Gasteiger partial charge on any atom is -0.336 e. The highest BCUT2D eigenvalue weighted by atomic mass is 35.5. The van der Waals surface area contributed by atoms with Crippen molar-refractivity contribution in [2.75, 3.05) is 18.4 Å². The van der Waals surface area contributed by atoms with E-state index < -0.39 is 0 Å². The van der Waals surface area contributed by atoms with E-state index in [-0.39, 0.29) is 30.7 Å². The van der Waals surface area contributed by atoms with Crippen molar-refractivity contribution >= 4 is 47.5 Å². The van der Waals surface area contributed by atoms with Gasteiger partial charge in [0.05, 0.1) is 23.0 Å². The van der Waals surface area contributed by atoms with E-state index in [1.807, 2.05) is 13.0 Å². The number of halogens is 2. The molecule has 1 unspecified atom stereocenters. The third-order valence-electron chi connectivity index (χ3n) is 3.74. The summed E-state index contributed by atoms with van der Waals surface area (Å²) in [5, 5.41) is 10.9. The van der Waals surface area contributed by atoms with Crippen LogP contribution in [0.1, 0.15) is 25.0 Å². The van der Waals surface area contributed by atoms with Crippen LogP contribution in [-0.4, -0.2) is 29.1 Å². The number of rotatable bonds is 4. The molecule has 0 aliphatic carbocycles. The standard InChI is InChI=1S/C14H18N4O2.2ClH/c1-9-12-6-11(8-16-14(12)20-18-9)17-13(19)3-2-10-4-5-15-7-10;;/h6,8,10,15H,2-5,7H2,1H3,(H,17,19);2*1H. The molecule has 0 spiro atoms. The predicted octanol–water partition coefficient (Wildman–Crippen LogP) is 2.70. The van der Waals surface area contributed by atoms with E-state index in [2.05, 4.69) is 20.8 Å². The van der Waals surface area contributed by atoms with Crippen molar-refractivity contribution in [3.8, 4) is 0 Å². The second-order valence-electron chi connectivity index (χ2n) is 5.29. The number of carbonyl (C=O) groups is 1. The van der Waals surface area contributed by atoms with Crippen LogP contribution in [-0.2, 0) is 4.79 Å². The number of pyridine rings is 1. The van der Waals surface area contributed by atoms with Gasteiger partial charge in [-0.2, -0.15) is 0 Å². The van der Waals surface area contributed by atoms with Crippen LogP contribution in [0, 0.1) is 12.8 Å². The lowest BCUT2D eigenvalue weighted by Gasteiger charge is -2.08. The first kappa shape index (κ1) is 18.7. The maximum atomic E-state index is 11.9. The number of amides is 1. The zero-order chi connectivity index (χ0) is 13.9. The summed E-state index contributed by atoms with van der Waals surface area (Å²) in [6.45, 7) is 3.95. The molecular formula is C14H20Cl2N4O2. The van der Waals surface area contributed by atoms with E-state index >= 15 is 0 Å². The van der Waals surface area contributed by atoms with Crippen molar-refractivity contribution < 1.29 is 9.32 Å². The van der Waals surface area contributed by atoms with E-state index in [9.17, 15) is 4.79 Å². The molecule has 6 nitrogen and oxygen atoms in total. The number of nitrogens with zero attached hydrogens (tertiary/aromatic N) is 2. The van der Waals surface area contributed by atoms with Gasteiger partial charge in [0.1, 0.15) is 0 Å². The molecule has 1 amide bonds. The van der Waals surface area contributed by atoms with Gasteiger partial charge in [0.25, 0.3) is 5.71 Å². The Morgan fingerprint density at radius 3 is 3.05 bits per heavy atom. The van der Waals surface area contributed by atoms with E-state index in [1.165, 1.54) is 6.42 Å². The molecule has 8 heteroatoms. The Morgan fingerprint density at radius 1 is 1.50 bits per heavy atom. The quantitative estimate of drug-likeness (QED) is 0.889. The summed E-state index contributed by atoms with van der Waals surface area (Å²) >= 11 is 0. The number of hydrogen-bond acceptors (Lipinski definition) is 5. The molecule has 2 aromatic heterocycles. The van der Waals surface area contributed by atoms with Crippen molar-refractivity contribution in [2.45, 2.75) is 26.2 Å². The summed E-state index contributed by atoms with van der Waals surface area (Å²) in [6, 6.07) is 1.85. The van der Waals surface area contributed by atoms with Crippen LogP contribution < -0.4 is 10.6 Å². The molecule has 1 fully saturated rings. The van der Waals surface area contributed by atoms with Crippen LogP contribution >= 0.6 is 24.8 Å². The minimum atomic E-state index is 0. The Balaban J connectivity index is 0.00000121. The van der Waals surface area contributed by atoms with E-state index in [1.54, 1.807) is 6.20 Å². The van der Waals surface area contributed by atoms with Crippen LogP contribution in [0.3, 0.4) is 0 Å². The SMILES string of the molecule is Cc1noc2ncc(NC(=O)CCC3CCNC3)cc12.Cl.Cl. The van der Waals surface area contributed by atoms with Gasteiger partial charge in [-0.1, -0.05) is 5.16 Å². The molecule has 22 heavy (non-hydrogen) atoms. The molecular weight excluding hydrogens is 327 g/mol. The fourth-order valence-electron chi connectivity index (χ4n) is 2.53. The third kappa shape index (κ3) is 4.32. The van der Waals surface area contributed by atoms with Gasteiger partial charge < -0.3 is 15.2 Å². The average Bonchev–Trinajstić information content (AvgIpc) is 3.07. The van der Waals surface area contributed by atoms with Crippen molar-refractivity contribution in [3.63, 3.8) is 0 Å². The molecule has 0 saturated carbocycles. The number of anilines is 1. The van der Waals surface area contributed by atoms with Gasteiger partial charge in [0, 0.05) is 6.42 Å². The van der Waals surface area contributed by atoms with Crippen LogP contribution in [0.15, 0.2) is 16.8 Å². The topological polar surface area (TPSA) is 80.1 Å². The fraction of sp³-hybridized carbons (Fsp3) is 0.500. The molecule has 2 N–H and O–H groups in total. The summed E-state index contributed by atoms with van der Waals surface area (Å²) in [4.78, 5) is 16.1. The second-order valence-corrected chi connectivity index (χ2v) is 5.29. The number of aromatic nitrogens is 2. The Labute approximate surface area is 141 Å². The number of fused-ring (bicyclic) bond motifs is 1. The predicted molar refractivity (Wildman–Crippen MR) is 89.9 cm³/mol. The number of aryl methyl sites for hydroxylation is 1. The number of nitrogens with one attached hydrogen (secondary N) is 2. The monoisotopic (exact) mass is 346 g/mol. The van der Waals surface area contributed by atoms with Crippen molar-refractivity contribution in [2.24, 2.45) is 5.92 Å². The van der Waals surface area contributed by atoms with Crippen molar-refractivity contribution in [1.82, 2.24) is 15.5 Å². The van der Waals surface area contributed by atoms with Crippen LogP contribution in [0.5, 0.6) is 0 Å². The summed E-state index contributed by atoms with van der Waals surface area (Å²) < 4.78 is 5.04. The largest absolute Gasteiger partial charge is 0.336 e. The fourth-order valence-corrected chi connectivity index (χ4v) is 2.53. The van der Waals surface area contributed by atoms with E-state index in [4.69, 9.17) is 4.52 Å². The summed E-state index contributed by atoms with van der Waals surface area (Å²) in [6.07, 6.45) is 4.25. The molecule has 0 bridgehead atoms. The molecule has 0 radical (unpaired) electrons. The lowest BCUT2D eigenvalue weighted by Crippen LogP contribution is -2.15. The smallest absolute Gasteiger partial charge is 0.258 e. The van der Waals surface area contributed by atoms with Gasteiger partial charge in [-0.3, -0.25) is 4.79 Å². The first-order valence-corrected chi connectivity index (χ1v) is 6.95. The molecule has 1 atom stereocenters. The minimum absolute atomic E-state index is 0. The Kier molecular flexibility index (Phi) is 7.06. The summed E-state index contributed by atoms with van der Waals surface area (Å²) in [5.74, 6) is 0.661. The maximum absolute atomic E-state index is 11.9. The number of hydrogen-bond donors (Lipinski definition) is 2. The first-order valence-electron chi connectivity index (χ1n) is 6.95. The van der Waals surface area contributed by atoms with E-state index in [0.717, 1.165) is 30.6 Å². The third-order valence-corrected chi connectivity index (χ3v) is 3.74. The lowest BCUT2D eigenvalue weighted by atomic mass is 10.0. The second kappa shape index (κ2) is 8.31. The van der Waals surface area contributed by atoms with Gasteiger partial charge >= 0.3 is 0 Å². The van der Waals surface area contributed by atoms with Gasteiger partial charge in [-0.05, 0) is 44.8 Å². The van der Waals surface area contributed by atoms with Gasteiger partial charge in [0.15, 0.2) is 0 Å². The summed E-state index contributed by atoms with van der Waals surface area (Å²) in [7, 11) is 0. The van der Waals surface area contributed by atoms with Crippen LogP contribution in [0.25, 0.3) is 11.1 Å². The van der Waals surface area contributed by atoms with Gasteiger partial charge in [-0.15, -0.1) is 24.8 Å². The van der Waals surface area contributed by atoms with Crippen LogP contribution in [0.4, 0.5) is 5.69 Å². The normalized spacial score (nSPS) is 16.9. The highest BCUT2D eigenvalue weighted by Gasteiger charge is 2.16. The molecule has 0 aromatic carbocycles. The molecule has 2 aromatic rings. The zero-order valence-corrected chi connectivity index (χ0v) is 13.9. The van der Waals surface area contributed by atoms with Gasteiger partial charge in [0.2, 0.25) is 5.91 Å². The Bertz CT molecular complexity index is 626. The molecule has 3 rings (SSSR count). The molecule has 3 heterocycles. The highest BCUT2D eigenvalue weighted by molar-refractivity contribution is 5.92. The van der Waals surface area contributed by atoms with Crippen molar-refractivity contribution in [1.29, 1.82) is 0 Å². The molecule has 1 aliphatic rings. The highest BCUT2D eigenvalue weighted by Crippen LogP contribution is 2.20. The van der Waals surface area contributed by atoms with Gasteiger partial charge in [-0.25, -0.2) is 4.98 Å². The molecule has 122 valence electrons. The maximum Gasteiger partial charge on any atom is 0.258 e. The zero-order valence-electron chi connectivity index (χ0n) is 12.3. The van der Waals surface area contributed by atoms with E-state index in [0.29, 0.717) is 23.7 Å².